The van der Waals surface area contributed by atoms with Crippen LogP contribution in [0.2, 0.25) is 0 Å². The Morgan fingerprint density at radius 2 is 1.74 bits per heavy atom. The van der Waals surface area contributed by atoms with Crippen molar-refractivity contribution in [2.45, 2.75) is 33.1 Å². The molecule has 0 saturated heterocycles. The summed E-state index contributed by atoms with van der Waals surface area (Å²) in [6.45, 7) is 6.61. The van der Waals surface area contributed by atoms with Crippen LogP contribution in [0.3, 0.4) is 0 Å². The van der Waals surface area contributed by atoms with Gasteiger partial charge in [-0.05, 0) is 38.5 Å². The van der Waals surface area contributed by atoms with E-state index in [0.717, 1.165) is 28.4 Å². The number of rotatable bonds is 7. The third-order valence-corrected chi connectivity index (χ3v) is 5.53. The lowest BCUT2D eigenvalue weighted by Crippen LogP contribution is -2.25. The number of amides is 1. The first-order valence-corrected chi connectivity index (χ1v) is 10.2. The van der Waals surface area contributed by atoms with Crippen molar-refractivity contribution >= 4 is 17.7 Å². The second kappa shape index (κ2) is 8.91. The van der Waals surface area contributed by atoms with Crippen molar-refractivity contribution < 1.29 is 4.79 Å². The quantitative estimate of drug-likeness (QED) is 0.664. The Labute approximate surface area is 165 Å². The highest BCUT2D eigenvalue weighted by Crippen LogP contribution is 2.18. The van der Waals surface area contributed by atoms with E-state index in [1.54, 1.807) is 11.8 Å². The molecule has 0 bridgehead atoms. The maximum absolute atomic E-state index is 12.2. The molecule has 140 valence electrons. The van der Waals surface area contributed by atoms with Gasteiger partial charge in [0, 0.05) is 23.6 Å². The van der Waals surface area contributed by atoms with Crippen molar-refractivity contribution in [3.63, 3.8) is 0 Å². The van der Waals surface area contributed by atoms with Crippen LogP contribution in [-0.4, -0.2) is 21.4 Å². The minimum atomic E-state index is 0.0540. The number of carbonyl (C=O) groups is 1. The summed E-state index contributed by atoms with van der Waals surface area (Å²) < 4.78 is 1.93. The zero-order valence-corrected chi connectivity index (χ0v) is 16.8. The molecule has 3 rings (SSSR count). The molecule has 0 spiro atoms. The number of nitrogens with one attached hydrogen (secondary N) is 1. The lowest BCUT2D eigenvalue weighted by atomic mass is 10.2. The monoisotopic (exact) mass is 379 g/mol. The van der Waals surface area contributed by atoms with Crippen molar-refractivity contribution in [2.75, 3.05) is 5.75 Å². The number of nitrogens with zero attached hydrogens (tertiary/aromatic N) is 2. The summed E-state index contributed by atoms with van der Waals surface area (Å²) in [5.74, 6) is 1.36. The van der Waals surface area contributed by atoms with Crippen molar-refractivity contribution in [3.05, 3.63) is 82.7 Å². The van der Waals surface area contributed by atoms with Crippen LogP contribution < -0.4 is 5.32 Å². The molecular formula is C22H25N3OS. The molecule has 0 aliphatic carbocycles. The molecule has 0 aliphatic rings. The molecule has 3 aromatic rings. The fourth-order valence-electron chi connectivity index (χ4n) is 2.94. The van der Waals surface area contributed by atoms with Crippen molar-refractivity contribution in [1.82, 2.24) is 15.1 Å². The Balaban J connectivity index is 1.53. The molecule has 0 saturated carbocycles. The zero-order chi connectivity index (χ0) is 19.2. The fourth-order valence-corrected chi connectivity index (χ4v) is 3.75. The first-order valence-electron chi connectivity index (χ1n) is 9.05. The third kappa shape index (κ3) is 5.01. The number of hydrogen-bond donors (Lipinski definition) is 1. The van der Waals surface area contributed by atoms with E-state index >= 15 is 0 Å². The summed E-state index contributed by atoms with van der Waals surface area (Å²) in [4.78, 5) is 12.2. The van der Waals surface area contributed by atoms with Gasteiger partial charge < -0.3 is 5.32 Å². The van der Waals surface area contributed by atoms with Gasteiger partial charge in [0.2, 0.25) is 5.91 Å². The first kappa shape index (κ1) is 19.2. The Hall–Kier alpha value is -2.53. The van der Waals surface area contributed by atoms with Crippen molar-refractivity contribution in [1.29, 1.82) is 0 Å². The van der Waals surface area contributed by atoms with E-state index in [-0.39, 0.29) is 5.91 Å². The third-order valence-electron chi connectivity index (χ3n) is 4.53. The fraction of sp³-hybridized carbons (Fsp3) is 0.273. The second-order valence-electron chi connectivity index (χ2n) is 6.65. The predicted molar refractivity (Wildman–Crippen MR) is 112 cm³/mol. The van der Waals surface area contributed by atoms with Crippen LogP contribution in [0.25, 0.3) is 5.69 Å². The van der Waals surface area contributed by atoms with E-state index in [4.69, 9.17) is 0 Å². The molecular weight excluding hydrogens is 354 g/mol. The van der Waals surface area contributed by atoms with Crippen LogP contribution in [-0.2, 0) is 17.1 Å². The largest absolute Gasteiger partial charge is 0.351 e. The van der Waals surface area contributed by atoms with Crippen LogP contribution in [0.15, 0.2) is 54.6 Å². The topological polar surface area (TPSA) is 46.9 Å². The van der Waals surface area contributed by atoms with Crippen LogP contribution in [0.1, 0.15) is 28.1 Å². The lowest BCUT2D eigenvalue weighted by Gasteiger charge is -2.07. The van der Waals surface area contributed by atoms with E-state index in [1.165, 1.54) is 11.1 Å². The maximum Gasteiger partial charge on any atom is 0.230 e. The van der Waals surface area contributed by atoms with Gasteiger partial charge in [0.15, 0.2) is 0 Å². The van der Waals surface area contributed by atoms with E-state index in [1.807, 2.05) is 48.9 Å². The number of benzene rings is 2. The molecule has 1 aromatic heterocycles. The van der Waals surface area contributed by atoms with Gasteiger partial charge in [-0.25, -0.2) is 4.68 Å². The molecule has 27 heavy (non-hydrogen) atoms. The predicted octanol–water partition coefficient (Wildman–Crippen LogP) is 4.35. The van der Waals surface area contributed by atoms with Gasteiger partial charge in [0.05, 0.1) is 17.1 Å². The Morgan fingerprint density at radius 3 is 2.44 bits per heavy atom. The van der Waals surface area contributed by atoms with Crippen LogP contribution in [0.5, 0.6) is 0 Å². The summed E-state index contributed by atoms with van der Waals surface area (Å²) in [6, 6.07) is 18.5. The molecule has 5 heteroatoms. The van der Waals surface area contributed by atoms with Gasteiger partial charge in [-0.15, -0.1) is 11.8 Å². The molecule has 0 atom stereocenters. The number of thioether (sulfide) groups is 1. The molecule has 2 aromatic carbocycles. The average molecular weight is 380 g/mol. The highest BCUT2D eigenvalue weighted by atomic mass is 32.2. The first-order chi connectivity index (χ1) is 13.0. The highest BCUT2D eigenvalue weighted by Gasteiger charge is 2.13. The minimum absolute atomic E-state index is 0.0540. The summed E-state index contributed by atoms with van der Waals surface area (Å²) in [5.41, 5.74) is 6.62. The summed E-state index contributed by atoms with van der Waals surface area (Å²) in [7, 11) is 0. The number of aromatic nitrogens is 2. The normalized spacial score (nSPS) is 10.8. The SMILES string of the molecule is Cc1ccc(CSCC(=O)NCc2c(C)nn(-c3ccccc3)c2C)cc1. The molecule has 1 amide bonds. The van der Waals surface area contributed by atoms with E-state index < -0.39 is 0 Å². The smallest absolute Gasteiger partial charge is 0.230 e. The molecule has 4 nitrogen and oxygen atoms in total. The summed E-state index contributed by atoms with van der Waals surface area (Å²) in [5, 5.41) is 7.66. The second-order valence-corrected chi connectivity index (χ2v) is 7.64. The Kier molecular flexibility index (Phi) is 6.35. The molecule has 1 N–H and O–H groups in total. The van der Waals surface area contributed by atoms with E-state index in [9.17, 15) is 4.79 Å². The Bertz CT molecular complexity index is 901. The lowest BCUT2D eigenvalue weighted by molar-refractivity contribution is -0.118. The molecule has 0 fully saturated rings. The van der Waals surface area contributed by atoms with Crippen LogP contribution in [0.4, 0.5) is 0 Å². The number of aryl methyl sites for hydroxylation is 2. The van der Waals surface area contributed by atoms with Crippen molar-refractivity contribution in [2.24, 2.45) is 0 Å². The number of carbonyl (C=O) groups excluding carboxylic acids is 1. The number of para-hydroxylation sites is 1. The zero-order valence-electron chi connectivity index (χ0n) is 16.0. The Morgan fingerprint density at radius 1 is 1.04 bits per heavy atom. The van der Waals surface area contributed by atoms with E-state index in [0.29, 0.717) is 12.3 Å². The number of hydrogen-bond acceptors (Lipinski definition) is 3. The van der Waals surface area contributed by atoms with Gasteiger partial charge in [0.25, 0.3) is 0 Å². The summed E-state index contributed by atoms with van der Waals surface area (Å²) in [6.07, 6.45) is 0. The highest BCUT2D eigenvalue weighted by molar-refractivity contribution is 7.99. The summed E-state index contributed by atoms with van der Waals surface area (Å²) >= 11 is 1.63. The maximum atomic E-state index is 12.2. The van der Waals surface area contributed by atoms with Crippen LogP contribution >= 0.6 is 11.8 Å². The van der Waals surface area contributed by atoms with Gasteiger partial charge in [-0.3, -0.25) is 4.79 Å². The minimum Gasteiger partial charge on any atom is -0.351 e. The van der Waals surface area contributed by atoms with Gasteiger partial charge in [-0.2, -0.15) is 5.10 Å². The van der Waals surface area contributed by atoms with Gasteiger partial charge in [0.1, 0.15) is 0 Å². The molecule has 0 unspecified atom stereocenters. The molecule has 0 radical (unpaired) electrons. The van der Waals surface area contributed by atoms with E-state index in [2.05, 4.69) is 41.6 Å². The molecule has 0 aliphatic heterocycles. The molecule has 1 heterocycles. The van der Waals surface area contributed by atoms with Crippen LogP contribution in [0, 0.1) is 20.8 Å². The van der Waals surface area contributed by atoms with Crippen molar-refractivity contribution in [3.8, 4) is 5.69 Å². The van der Waals surface area contributed by atoms with Gasteiger partial charge in [-0.1, -0.05) is 48.0 Å². The average Bonchev–Trinajstić information content (AvgIpc) is 2.96. The standard InChI is InChI=1S/C22H25N3OS/c1-16-9-11-19(12-10-16)14-27-15-22(26)23-13-21-17(2)24-25(18(21)3)20-7-5-4-6-8-20/h4-12H,13-15H2,1-3H3,(H,23,26). The van der Waals surface area contributed by atoms with Gasteiger partial charge >= 0.3 is 0 Å².